The van der Waals surface area contributed by atoms with Gasteiger partial charge in [-0.05, 0) is 35.7 Å². The molecule has 114 valence electrons. The summed E-state index contributed by atoms with van der Waals surface area (Å²) in [7, 11) is 0. The number of fused-ring (bicyclic) bond motifs is 1. The Labute approximate surface area is 138 Å². The first kappa shape index (κ1) is 14.0. The van der Waals surface area contributed by atoms with Gasteiger partial charge in [-0.3, -0.25) is 4.98 Å². The summed E-state index contributed by atoms with van der Waals surface area (Å²) in [5.41, 5.74) is 1.81. The van der Waals surface area contributed by atoms with E-state index in [0.29, 0.717) is 6.54 Å². The van der Waals surface area contributed by atoms with Crippen LogP contribution in [-0.4, -0.2) is 9.97 Å². The van der Waals surface area contributed by atoms with Crippen molar-refractivity contribution in [1.82, 2.24) is 9.97 Å². The first-order chi connectivity index (χ1) is 11.4. The zero-order valence-electron chi connectivity index (χ0n) is 12.4. The van der Waals surface area contributed by atoms with Crippen LogP contribution in [0.4, 0.5) is 5.82 Å². The Kier molecular flexibility index (Phi) is 3.78. The largest absolute Gasteiger partial charge is 0.467 e. The lowest BCUT2D eigenvalue weighted by Crippen LogP contribution is -2.22. The van der Waals surface area contributed by atoms with Gasteiger partial charge in [-0.15, -0.1) is 11.3 Å². The van der Waals surface area contributed by atoms with E-state index in [-0.39, 0.29) is 0 Å². The van der Waals surface area contributed by atoms with Gasteiger partial charge >= 0.3 is 0 Å². The molecule has 5 heteroatoms. The first-order valence-electron chi connectivity index (χ1n) is 7.40. The lowest BCUT2D eigenvalue weighted by atomic mass is 10.3. The Morgan fingerprint density at radius 1 is 0.957 bits per heavy atom. The van der Waals surface area contributed by atoms with Crippen LogP contribution < -0.4 is 4.90 Å². The van der Waals surface area contributed by atoms with Crippen LogP contribution in [0.3, 0.4) is 0 Å². The number of anilines is 1. The summed E-state index contributed by atoms with van der Waals surface area (Å²) in [6.45, 7) is 1.45. The van der Waals surface area contributed by atoms with E-state index in [2.05, 4.69) is 27.4 Å². The summed E-state index contributed by atoms with van der Waals surface area (Å²) >= 11 is 1.74. The van der Waals surface area contributed by atoms with Crippen molar-refractivity contribution in [2.75, 3.05) is 4.90 Å². The van der Waals surface area contributed by atoms with Gasteiger partial charge in [0.15, 0.2) is 0 Å². The molecular weight excluding hydrogens is 306 g/mol. The number of nitrogens with zero attached hydrogens (tertiary/aromatic N) is 3. The number of hydrogen-bond donors (Lipinski definition) is 0. The second-order valence-electron chi connectivity index (χ2n) is 5.23. The molecule has 0 radical (unpaired) electrons. The van der Waals surface area contributed by atoms with E-state index in [1.165, 1.54) is 4.88 Å². The van der Waals surface area contributed by atoms with Gasteiger partial charge in [0.05, 0.1) is 36.6 Å². The van der Waals surface area contributed by atoms with Crippen molar-refractivity contribution in [3.63, 3.8) is 0 Å². The molecule has 0 aliphatic rings. The Bertz CT molecular complexity index is 851. The van der Waals surface area contributed by atoms with Crippen LogP contribution in [0.5, 0.6) is 0 Å². The van der Waals surface area contributed by atoms with Crippen LogP contribution in [-0.2, 0) is 13.1 Å². The van der Waals surface area contributed by atoms with Gasteiger partial charge in [-0.2, -0.15) is 0 Å². The second kappa shape index (κ2) is 6.22. The predicted octanol–water partition coefficient (Wildman–Crippen LogP) is 4.49. The van der Waals surface area contributed by atoms with Crippen molar-refractivity contribution in [1.29, 1.82) is 0 Å². The van der Waals surface area contributed by atoms with Crippen LogP contribution >= 0.6 is 11.3 Å². The van der Waals surface area contributed by atoms with Crippen LogP contribution in [0.15, 0.2) is 70.8 Å². The summed E-state index contributed by atoms with van der Waals surface area (Å²) in [5.74, 6) is 1.77. The lowest BCUT2D eigenvalue weighted by molar-refractivity contribution is 0.501. The van der Waals surface area contributed by atoms with Crippen molar-refractivity contribution >= 4 is 28.2 Å². The van der Waals surface area contributed by atoms with Crippen molar-refractivity contribution < 1.29 is 4.42 Å². The van der Waals surface area contributed by atoms with Crippen molar-refractivity contribution in [3.8, 4) is 0 Å². The molecule has 3 heterocycles. The second-order valence-corrected chi connectivity index (χ2v) is 6.26. The average molecular weight is 321 g/mol. The van der Waals surface area contributed by atoms with E-state index in [1.54, 1.807) is 17.6 Å². The minimum Gasteiger partial charge on any atom is -0.467 e. The fourth-order valence-electron chi connectivity index (χ4n) is 2.50. The number of benzene rings is 1. The van der Waals surface area contributed by atoms with Crippen LogP contribution in [0, 0.1) is 0 Å². The lowest BCUT2D eigenvalue weighted by Gasteiger charge is -2.22. The van der Waals surface area contributed by atoms with Gasteiger partial charge in [0.25, 0.3) is 0 Å². The fourth-order valence-corrected chi connectivity index (χ4v) is 3.22. The van der Waals surface area contributed by atoms with Gasteiger partial charge in [0.1, 0.15) is 11.6 Å². The van der Waals surface area contributed by atoms with E-state index in [9.17, 15) is 0 Å². The minimum absolute atomic E-state index is 0.665. The maximum atomic E-state index is 5.51. The molecule has 0 spiro atoms. The molecule has 0 aliphatic carbocycles. The summed E-state index contributed by atoms with van der Waals surface area (Å²) in [6.07, 6.45) is 3.53. The Morgan fingerprint density at radius 2 is 1.87 bits per heavy atom. The van der Waals surface area contributed by atoms with Crippen molar-refractivity contribution in [2.24, 2.45) is 0 Å². The topological polar surface area (TPSA) is 42.2 Å². The summed E-state index contributed by atoms with van der Waals surface area (Å²) < 4.78 is 5.51. The van der Waals surface area contributed by atoms with Crippen molar-refractivity contribution in [2.45, 2.75) is 13.1 Å². The number of aromatic nitrogens is 2. The van der Waals surface area contributed by atoms with Crippen LogP contribution in [0.1, 0.15) is 10.6 Å². The van der Waals surface area contributed by atoms with Crippen molar-refractivity contribution in [3.05, 3.63) is 77.0 Å². The molecule has 3 aromatic heterocycles. The molecule has 0 aliphatic heterocycles. The number of thiophene rings is 1. The van der Waals surface area contributed by atoms with Gasteiger partial charge in [0.2, 0.25) is 0 Å². The Hall–Kier alpha value is -2.66. The maximum Gasteiger partial charge on any atom is 0.148 e. The molecule has 4 aromatic rings. The maximum absolute atomic E-state index is 5.51. The smallest absolute Gasteiger partial charge is 0.148 e. The standard InChI is InChI=1S/C18H15N3OS/c1-2-8-17-16(7-1)19-11-18(20-17)21(12-14-5-3-9-22-14)13-15-6-4-10-23-15/h1-11H,12-13H2. The Morgan fingerprint density at radius 3 is 2.65 bits per heavy atom. The Balaban J connectivity index is 1.69. The molecule has 23 heavy (non-hydrogen) atoms. The highest BCUT2D eigenvalue weighted by atomic mass is 32.1. The van der Waals surface area contributed by atoms with E-state index in [1.807, 2.05) is 42.6 Å². The van der Waals surface area contributed by atoms with Crippen LogP contribution in [0.2, 0.25) is 0 Å². The van der Waals surface area contributed by atoms with E-state index < -0.39 is 0 Å². The van der Waals surface area contributed by atoms with E-state index in [0.717, 1.165) is 29.2 Å². The highest BCUT2D eigenvalue weighted by Crippen LogP contribution is 2.22. The molecule has 0 atom stereocenters. The normalized spacial score (nSPS) is 11.0. The minimum atomic E-state index is 0.665. The summed E-state index contributed by atoms with van der Waals surface area (Å²) in [4.78, 5) is 12.8. The predicted molar refractivity (Wildman–Crippen MR) is 92.5 cm³/mol. The molecular formula is C18H15N3OS. The quantitative estimate of drug-likeness (QED) is 0.543. The SMILES string of the molecule is c1coc(CN(Cc2cccs2)c2cnc3ccccc3n2)c1. The summed E-state index contributed by atoms with van der Waals surface area (Å²) in [5, 5.41) is 2.09. The van der Waals surface area contributed by atoms with E-state index >= 15 is 0 Å². The number of hydrogen-bond acceptors (Lipinski definition) is 5. The summed E-state index contributed by atoms with van der Waals surface area (Å²) in [6, 6.07) is 16.0. The van der Waals surface area contributed by atoms with E-state index in [4.69, 9.17) is 9.40 Å². The molecule has 0 bridgehead atoms. The third kappa shape index (κ3) is 3.10. The number of furan rings is 1. The molecule has 4 rings (SSSR count). The molecule has 4 nitrogen and oxygen atoms in total. The highest BCUT2D eigenvalue weighted by molar-refractivity contribution is 7.09. The molecule has 0 saturated heterocycles. The molecule has 1 aromatic carbocycles. The van der Waals surface area contributed by atoms with Crippen LogP contribution in [0.25, 0.3) is 11.0 Å². The molecule has 0 saturated carbocycles. The number of para-hydroxylation sites is 2. The average Bonchev–Trinajstić information content (AvgIpc) is 3.28. The van der Waals surface area contributed by atoms with Gasteiger partial charge < -0.3 is 9.32 Å². The first-order valence-corrected chi connectivity index (χ1v) is 8.28. The van der Waals surface area contributed by atoms with Gasteiger partial charge in [-0.1, -0.05) is 18.2 Å². The number of rotatable bonds is 5. The fraction of sp³-hybridized carbons (Fsp3) is 0.111. The van der Waals surface area contributed by atoms with Gasteiger partial charge in [-0.25, -0.2) is 4.98 Å². The monoisotopic (exact) mass is 321 g/mol. The third-order valence-electron chi connectivity index (χ3n) is 3.61. The highest BCUT2D eigenvalue weighted by Gasteiger charge is 2.13. The molecule has 0 N–H and O–H groups in total. The third-order valence-corrected chi connectivity index (χ3v) is 4.47. The molecule has 0 unspecified atom stereocenters. The zero-order chi connectivity index (χ0) is 15.5. The van der Waals surface area contributed by atoms with Gasteiger partial charge in [0, 0.05) is 4.88 Å². The zero-order valence-corrected chi connectivity index (χ0v) is 13.2. The molecule has 0 amide bonds. The molecule has 0 fully saturated rings.